The lowest BCUT2D eigenvalue weighted by molar-refractivity contribution is -0.147. The number of benzene rings is 2. The van der Waals surface area contributed by atoms with Crippen LogP contribution in [-0.2, 0) is 17.8 Å². The number of hydrogen-bond donors (Lipinski definition) is 1. The fraction of sp³-hybridized carbons (Fsp3) is 0.567. The predicted octanol–water partition coefficient (Wildman–Crippen LogP) is 6.81. The molecule has 1 saturated heterocycles. The Morgan fingerprint density at radius 1 is 0.971 bits per heavy atom. The lowest BCUT2D eigenvalue weighted by atomic mass is 9.89. The molecular formula is C30H43NO3. The molecule has 1 atom stereocenters. The molecule has 4 heteroatoms. The van der Waals surface area contributed by atoms with Gasteiger partial charge < -0.3 is 9.84 Å². The molecule has 1 aliphatic rings. The third-order valence-electron chi connectivity index (χ3n) is 7.22. The number of carboxylic acids is 1. The summed E-state index contributed by atoms with van der Waals surface area (Å²) in [4.78, 5) is 13.1. The van der Waals surface area contributed by atoms with Crippen LogP contribution >= 0.6 is 0 Å². The van der Waals surface area contributed by atoms with Crippen molar-refractivity contribution in [3.05, 3.63) is 64.7 Å². The van der Waals surface area contributed by atoms with E-state index in [9.17, 15) is 4.79 Å². The highest BCUT2D eigenvalue weighted by atomic mass is 16.5. The summed E-state index contributed by atoms with van der Waals surface area (Å²) in [6, 6.07) is 15.2. The molecule has 3 rings (SSSR count). The van der Waals surface area contributed by atoms with E-state index < -0.39 is 5.97 Å². The number of carbonyl (C=O) groups is 1. The van der Waals surface area contributed by atoms with Gasteiger partial charge in [-0.2, -0.15) is 0 Å². The van der Waals surface area contributed by atoms with Crippen LogP contribution in [0.3, 0.4) is 0 Å². The average molecular weight is 466 g/mol. The van der Waals surface area contributed by atoms with Crippen LogP contribution in [0.2, 0.25) is 0 Å². The molecule has 0 saturated carbocycles. The highest BCUT2D eigenvalue weighted by molar-refractivity contribution is 5.71. The smallest absolute Gasteiger partial charge is 0.309 e. The zero-order valence-electron chi connectivity index (χ0n) is 21.4. The van der Waals surface area contributed by atoms with Gasteiger partial charge in [0.25, 0.3) is 0 Å². The summed E-state index contributed by atoms with van der Waals surface area (Å²) in [5.41, 5.74) is 5.44. The molecule has 0 amide bonds. The van der Waals surface area contributed by atoms with Gasteiger partial charge in [0, 0.05) is 19.6 Å². The molecule has 0 aliphatic carbocycles. The van der Waals surface area contributed by atoms with Crippen LogP contribution in [0, 0.1) is 25.7 Å². The van der Waals surface area contributed by atoms with E-state index in [2.05, 4.69) is 56.0 Å². The molecule has 1 N–H and O–H groups in total. The van der Waals surface area contributed by atoms with E-state index in [1.165, 1.54) is 67.2 Å². The number of nitrogens with zero attached hydrogens (tertiary/aromatic N) is 1. The van der Waals surface area contributed by atoms with Gasteiger partial charge in [-0.25, -0.2) is 0 Å². The topological polar surface area (TPSA) is 49.8 Å². The van der Waals surface area contributed by atoms with Crippen LogP contribution in [-0.4, -0.2) is 35.7 Å². The third kappa shape index (κ3) is 8.47. The molecule has 0 bridgehead atoms. The zero-order chi connectivity index (χ0) is 24.3. The summed E-state index contributed by atoms with van der Waals surface area (Å²) in [6.07, 6.45) is 10.1. The minimum absolute atomic E-state index is 0.201. The first-order valence-electron chi connectivity index (χ1n) is 13.2. The first kappa shape index (κ1) is 26.3. The van der Waals surface area contributed by atoms with Crippen LogP contribution < -0.4 is 4.74 Å². The van der Waals surface area contributed by atoms with Crippen molar-refractivity contribution in [2.24, 2.45) is 11.8 Å². The molecule has 2 aromatic rings. The number of hydrogen-bond acceptors (Lipinski definition) is 3. The highest BCUT2D eigenvalue weighted by Gasteiger charge is 2.32. The lowest BCUT2D eigenvalue weighted by Gasteiger charge is -2.36. The van der Waals surface area contributed by atoms with Gasteiger partial charge in [0.2, 0.25) is 0 Å². The van der Waals surface area contributed by atoms with Crippen LogP contribution in [0.4, 0.5) is 0 Å². The van der Waals surface area contributed by atoms with Gasteiger partial charge in [-0.1, -0.05) is 69.4 Å². The molecule has 0 aromatic heterocycles. The number of ether oxygens (including phenoxy) is 1. The summed E-state index contributed by atoms with van der Waals surface area (Å²) in [7, 11) is 0. The van der Waals surface area contributed by atoms with E-state index in [0.717, 1.165) is 31.2 Å². The normalized spacial score (nSPS) is 15.1. The van der Waals surface area contributed by atoms with Gasteiger partial charge in [-0.15, -0.1) is 0 Å². The predicted molar refractivity (Wildman–Crippen MR) is 139 cm³/mol. The molecule has 34 heavy (non-hydrogen) atoms. The molecule has 0 spiro atoms. The Labute approximate surface area is 206 Å². The zero-order valence-corrected chi connectivity index (χ0v) is 21.4. The molecule has 1 heterocycles. The van der Waals surface area contributed by atoms with Crippen molar-refractivity contribution in [1.82, 2.24) is 4.90 Å². The van der Waals surface area contributed by atoms with Gasteiger partial charge in [-0.3, -0.25) is 9.69 Å². The van der Waals surface area contributed by atoms with Crippen molar-refractivity contribution >= 4 is 5.97 Å². The van der Waals surface area contributed by atoms with E-state index in [-0.39, 0.29) is 5.92 Å². The first-order valence-corrected chi connectivity index (χ1v) is 13.2. The first-order chi connectivity index (χ1) is 16.4. The fourth-order valence-corrected chi connectivity index (χ4v) is 4.84. The molecule has 186 valence electrons. The van der Waals surface area contributed by atoms with Crippen molar-refractivity contribution in [3.8, 4) is 5.75 Å². The Morgan fingerprint density at radius 2 is 1.68 bits per heavy atom. The van der Waals surface area contributed by atoms with Crippen LogP contribution in [0.5, 0.6) is 5.75 Å². The van der Waals surface area contributed by atoms with Crippen LogP contribution in [0.25, 0.3) is 0 Å². The highest BCUT2D eigenvalue weighted by Crippen LogP contribution is 2.24. The monoisotopic (exact) mass is 465 g/mol. The Morgan fingerprint density at radius 3 is 2.35 bits per heavy atom. The number of rotatable bonds is 15. The minimum atomic E-state index is -0.683. The largest absolute Gasteiger partial charge is 0.494 e. The van der Waals surface area contributed by atoms with Crippen LogP contribution in [0.1, 0.15) is 74.1 Å². The van der Waals surface area contributed by atoms with Gasteiger partial charge in [-0.05, 0) is 73.4 Å². The van der Waals surface area contributed by atoms with Crippen LogP contribution in [0.15, 0.2) is 42.5 Å². The number of aliphatic carboxylic acids is 1. The lowest BCUT2D eigenvalue weighted by Crippen LogP contribution is -2.49. The van der Waals surface area contributed by atoms with E-state index in [4.69, 9.17) is 9.84 Å². The van der Waals surface area contributed by atoms with Crippen molar-refractivity contribution < 1.29 is 14.6 Å². The van der Waals surface area contributed by atoms with E-state index in [1.807, 2.05) is 12.1 Å². The SMILES string of the molecule is CCCCCCC(CCCOc1ccc(CN2CC(C(=O)O)C2)cc1)Cc1ccc(C)c(C)c1. The van der Waals surface area contributed by atoms with E-state index in [1.54, 1.807) is 0 Å². The number of carboxylic acid groups (broad SMARTS) is 1. The molecule has 4 nitrogen and oxygen atoms in total. The molecule has 1 aliphatic heterocycles. The number of unbranched alkanes of at least 4 members (excludes halogenated alkanes) is 3. The average Bonchev–Trinajstić information content (AvgIpc) is 2.79. The maximum absolute atomic E-state index is 10.9. The maximum Gasteiger partial charge on any atom is 0.309 e. The summed E-state index contributed by atoms with van der Waals surface area (Å²) >= 11 is 0. The molecule has 1 fully saturated rings. The Hall–Kier alpha value is -2.33. The second-order valence-electron chi connectivity index (χ2n) is 10.2. The Bertz CT molecular complexity index is 886. The summed E-state index contributed by atoms with van der Waals surface area (Å²) in [6.45, 7) is 9.53. The van der Waals surface area contributed by atoms with Crippen molar-refractivity contribution in [1.29, 1.82) is 0 Å². The van der Waals surface area contributed by atoms with Crippen molar-refractivity contribution in [2.45, 2.75) is 78.7 Å². The summed E-state index contributed by atoms with van der Waals surface area (Å²) in [5.74, 6) is 0.755. The minimum Gasteiger partial charge on any atom is -0.494 e. The third-order valence-corrected chi connectivity index (χ3v) is 7.22. The quantitative estimate of drug-likeness (QED) is 0.294. The van der Waals surface area contributed by atoms with Gasteiger partial charge >= 0.3 is 5.97 Å². The Balaban J connectivity index is 1.41. The standard InChI is InChI=1S/C30H43NO3/c1-4-5-6-7-9-25(19-27-12-11-23(2)24(3)18-27)10-8-17-34-29-15-13-26(14-16-29)20-31-21-28(22-31)30(32)33/h11-16,18,25,28H,4-10,17,19-22H2,1-3H3,(H,32,33). The molecule has 1 unspecified atom stereocenters. The fourth-order valence-electron chi connectivity index (χ4n) is 4.84. The van der Waals surface area contributed by atoms with Gasteiger partial charge in [0.1, 0.15) is 5.75 Å². The summed E-state index contributed by atoms with van der Waals surface area (Å²) < 4.78 is 6.04. The maximum atomic E-state index is 10.9. The number of likely N-dealkylation sites (tertiary alicyclic amines) is 1. The van der Waals surface area contributed by atoms with Gasteiger partial charge in [0.05, 0.1) is 12.5 Å². The molecule has 2 aromatic carbocycles. The van der Waals surface area contributed by atoms with Crippen molar-refractivity contribution in [3.63, 3.8) is 0 Å². The Kier molecular flexibility index (Phi) is 10.5. The van der Waals surface area contributed by atoms with Gasteiger partial charge in [0.15, 0.2) is 0 Å². The van der Waals surface area contributed by atoms with E-state index in [0.29, 0.717) is 13.1 Å². The summed E-state index contributed by atoms with van der Waals surface area (Å²) in [5, 5.41) is 9.01. The second-order valence-corrected chi connectivity index (χ2v) is 10.2. The number of aryl methyl sites for hydroxylation is 2. The van der Waals surface area contributed by atoms with E-state index >= 15 is 0 Å². The molecule has 0 radical (unpaired) electrons. The second kappa shape index (κ2) is 13.5. The molecular weight excluding hydrogens is 422 g/mol. The van der Waals surface area contributed by atoms with Crippen molar-refractivity contribution in [2.75, 3.05) is 19.7 Å².